The number of benzene rings is 2. The molecule has 204 valence electrons. The van der Waals surface area contributed by atoms with Crippen LogP contribution in [0.2, 0.25) is 0 Å². The zero-order valence-electron chi connectivity index (χ0n) is 22.3. The van der Waals surface area contributed by atoms with Crippen molar-refractivity contribution >= 4 is 28.9 Å². The fraction of sp³-hybridized carbons (Fsp3) is 0.433. The Morgan fingerprint density at radius 1 is 1.08 bits per heavy atom. The van der Waals surface area contributed by atoms with Crippen molar-refractivity contribution < 1.29 is 24.4 Å². The number of rotatable bonds is 7. The van der Waals surface area contributed by atoms with E-state index in [1.807, 2.05) is 24.3 Å². The lowest BCUT2D eigenvalue weighted by molar-refractivity contribution is -0.353. The molecule has 2 saturated carbocycles. The highest BCUT2D eigenvalue weighted by Gasteiger charge is 2.58. The molecule has 2 aromatic rings. The van der Waals surface area contributed by atoms with Crippen molar-refractivity contribution in [3.63, 3.8) is 0 Å². The first-order chi connectivity index (χ1) is 18.7. The third-order valence-electron chi connectivity index (χ3n) is 8.87. The number of amides is 2. The summed E-state index contributed by atoms with van der Waals surface area (Å²) < 4.78 is 5.25. The van der Waals surface area contributed by atoms with Crippen LogP contribution in [0.4, 0.5) is 11.4 Å². The number of hydrogen-bond donors (Lipinski definition) is 4. The van der Waals surface area contributed by atoms with Gasteiger partial charge in [-0.1, -0.05) is 12.1 Å². The molecule has 2 heterocycles. The molecule has 1 atom stereocenters. The average Bonchev–Trinajstić information content (AvgIpc) is 3.85. The van der Waals surface area contributed by atoms with Crippen molar-refractivity contribution in [1.29, 1.82) is 0 Å². The van der Waals surface area contributed by atoms with Gasteiger partial charge in [-0.25, -0.2) is 4.99 Å². The van der Waals surface area contributed by atoms with E-state index in [9.17, 15) is 14.7 Å². The number of piperidine rings is 1. The summed E-state index contributed by atoms with van der Waals surface area (Å²) in [6.45, 7) is 3.09. The smallest absolute Gasteiger partial charge is 0.323 e. The first kappa shape index (κ1) is 25.6. The molecule has 0 radical (unpaired) electrons. The third-order valence-corrected chi connectivity index (χ3v) is 8.87. The monoisotopic (exact) mass is 530 g/mol. The molecule has 39 heavy (non-hydrogen) atoms. The molecule has 9 nitrogen and oxygen atoms in total. The summed E-state index contributed by atoms with van der Waals surface area (Å²) in [5.41, 5.74) is 15.1. The standard InChI is InChI=1S/C30H35N5O4/c1-39-23-8-4-20(5-9-23)33-26-24(25(31)27(32)37)30(13-14-30)18-35(28(26)38)21-6-2-19(3-7-21)29(11-12-29)17-34-15-10-22(36)16-34/h2-9,22,36H,10-18,31H2,1H3,(H2,32,37)/p+1/t22-/m1/s1. The Balaban J connectivity index is 1.32. The number of nitrogens with zero attached hydrogens (tertiary/aromatic N) is 2. The zero-order chi connectivity index (χ0) is 27.4. The highest BCUT2D eigenvalue weighted by molar-refractivity contribution is 6.49. The van der Waals surface area contributed by atoms with E-state index < -0.39 is 11.3 Å². The maximum Gasteiger partial charge on any atom is 0.323 e. The Morgan fingerprint density at radius 3 is 2.31 bits per heavy atom. The summed E-state index contributed by atoms with van der Waals surface area (Å²) in [5.74, 6) is -0.277. The van der Waals surface area contributed by atoms with Crippen LogP contribution in [0, 0.1) is 5.41 Å². The van der Waals surface area contributed by atoms with Crippen molar-refractivity contribution in [2.75, 3.05) is 38.2 Å². The third kappa shape index (κ3) is 4.70. The molecular formula is C30H36N5O4+. The lowest BCUT2D eigenvalue weighted by Crippen LogP contribution is -2.73. The molecule has 2 aliphatic heterocycles. The molecule has 6 N–H and O–H groups in total. The van der Waals surface area contributed by atoms with Crippen LogP contribution in [0.5, 0.6) is 5.75 Å². The van der Waals surface area contributed by atoms with Gasteiger partial charge in [-0.3, -0.25) is 14.5 Å². The summed E-state index contributed by atoms with van der Waals surface area (Å²) in [4.78, 5) is 33.6. The second-order valence-electron chi connectivity index (χ2n) is 11.6. The molecule has 0 bridgehead atoms. The van der Waals surface area contributed by atoms with Crippen molar-refractivity contribution in [2.45, 2.75) is 43.6 Å². The number of carbonyl (C=O) groups is 2. The van der Waals surface area contributed by atoms with Gasteiger partial charge in [0.15, 0.2) is 0 Å². The van der Waals surface area contributed by atoms with E-state index in [-0.39, 0.29) is 28.8 Å². The van der Waals surface area contributed by atoms with Gasteiger partial charge in [-0.2, -0.15) is 0 Å². The van der Waals surface area contributed by atoms with Crippen molar-refractivity contribution in [1.82, 2.24) is 4.90 Å². The number of anilines is 1. The number of primary amides is 1. The molecule has 2 aromatic carbocycles. The van der Waals surface area contributed by atoms with Gasteiger partial charge in [0.25, 0.3) is 11.6 Å². The predicted octanol–water partition coefficient (Wildman–Crippen LogP) is 0.472. The van der Waals surface area contributed by atoms with Crippen LogP contribution in [0.3, 0.4) is 0 Å². The molecule has 0 aromatic heterocycles. The number of likely N-dealkylation sites (tertiary alicyclic amines) is 1. The number of nitrogens with one attached hydrogen (secondary N) is 1. The fourth-order valence-corrected chi connectivity index (χ4v) is 6.27. The minimum absolute atomic E-state index is 0.0606. The second-order valence-corrected chi connectivity index (χ2v) is 11.6. The number of ether oxygens (including phenoxy) is 1. The van der Waals surface area contributed by atoms with Crippen LogP contribution in [-0.4, -0.2) is 66.9 Å². The Kier molecular flexibility index (Phi) is 6.23. The molecule has 2 saturated heterocycles. The largest absolute Gasteiger partial charge is 0.497 e. The summed E-state index contributed by atoms with van der Waals surface area (Å²) >= 11 is 0. The molecule has 0 unspecified atom stereocenters. The topological polar surface area (TPSA) is 136 Å². The number of aliphatic hydroxyl groups is 1. The van der Waals surface area contributed by atoms with Crippen molar-refractivity contribution in [3.05, 3.63) is 65.4 Å². The number of carbonyl (C=O) groups excluding carboxylic acids is 2. The van der Waals surface area contributed by atoms with Gasteiger partial charge < -0.3 is 26.2 Å². The van der Waals surface area contributed by atoms with E-state index in [0.717, 1.165) is 57.4 Å². The molecule has 2 amide bonds. The van der Waals surface area contributed by atoms with Gasteiger partial charge in [-0.05, 0) is 61.9 Å². The minimum atomic E-state index is -0.726. The molecule has 6 rings (SSSR count). The Labute approximate surface area is 228 Å². The number of nitrogens with two attached hydrogens (primary N) is 2. The Bertz CT molecular complexity index is 1360. The molecule has 4 fully saturated rings. The van der Waals surface area contributed by atoms with E-state index in [1.165, 1.54) is 5.56 Å². The number of aliphatic hydroxyl groups excluding tert-OH is 1. The van der Waals surface area contributed by atoms with Gasteiger partial charge in [0.2, 0.25) is 5.69 Å². The summed E-state index contributed by atoms with van der Waals surface area (Å²) in [6.07, 6.45) is 4.52. The van der Waals surface area contributed by atoms with Crippen LogP contribution >= 0.6 is 0 Å². The van der Waals surface area contributed by atoms with Gasteiger partial charge in [-0.15, -0.1) is 0 Å². The van der Waals surface area contributed by atoms with Crippen molar-refractivity contribution in [3.8, 4) is 5.75 Å². The molecular weight excluding hydrogens is 494 g/mol. The zero-order valence-corrected chi connectivity index (χ0v) is 22.3. The van der Waals surface area contributed by atoms with Gasteiger partial charge in [0.1, 0.15) is 11.4 Å². The minimum Gasteiger partial charge on any atom is -0.497 e. The Morgan fingerprint density at radius 2 is 1.77 bits per heavy atom. The van der Waals surface area contributed by atoms with Crippen molar-refractivity contribution in [2.24, 2.45) is 16.9 Å². The van der Waals surface area contributed by atoms with Crippen LogP contribution in [0.15, 0.2) is 59.8 Å². The van der Waals surface area contributed by atoms with Crippen LogP contribution < -0.4 is 26.1 Å². The maximum atomic E-state index is 14.0. The van der Waals surface area contributed by atoms with Gasteiger partial charge in [0.05, 0.1) is 18.8 Å². The molecule has 1 spiro atoms. The summed E-state index contributed by atoms with van der Waals surface area (Å²) in [7, 11) is 1.60. The normalized spacial score (nSPS) is 25.7. The number of β-amino-alcohol motifs (C(OH)–C–C–N with tert-alkyl or cyclic N) is 1. The van der Waals surface area contributed by atoms with E-state index in [2.05, 4.69) is 22.0 Å². The maximum absolute atomic E-state index is 14.0. The highest BCUT2D eigenvalue weighted by Crippen LogP contribution is 2.56. The highest BCUT2D eigenvalue weighted by atomic mass is 16.5. The van der Waals surface area contributed by atoms with E-state index in [1.54, 1.807) is 24.1 Å². The van der Waals surface area contributed by atoms with Gasteiger partial charge in [0, 0.05) is 54.8 Å². The second kappa shape index (κ2) is 9.50. The SMILES string of the molecule is COc1ccc([NH+]=C2C(=O)N(c3ccc(C4(CN5CC[C@@H](O)C5)CC4)cc3)CC3(CC3)C2=C(N)C(N)=O)cc1. The van der Waals surface area contributed by atoms with E-state index in [0.29, 0.717) is 23.6 Å². The number of methoxy groups -OCH3 is 1. The molecule has 9 heteroatoms. The number of hydrogen-bond acceptors (Lipinski definition) is 6. The fourth-order valence-electron chi connectivity index (χ4n) is 6.27. The van der Waals surface area contributed by atoms with Crippen LogP contribution in [-0.2, 0) is 15.0 Å². The lowest BCUT2D eigenvalue weighted by atomic mass is 9.84. The van der Waals surface area contributed by atoms with Gasteiger partial charge >= 0.3 is 5.91 Å². The summed E-state index contributed by atoms with van der Waals surface area (Å²) in [5, 5.41) is 9.93. The lowest BCUT2D eigenvalue weighted by Gasteiger charge is -2.34. The Hall–Kier alpha value is -3.69. The predicted molar refractivity (Wildman–Crippen MR) is 147 cm³/mol. The van der Waals surface area contributed by atoms with E-state index >= 15 is 0 Å². The molecule has 2 aliphatic carbocycles. The van der Waals surface area contributed by atoms with E-state index in [4.69, 9.17) is 16.2 Å². The summed E-state index contributed by atoms with van der Waals surface area (Å²) in [6, 6.07) is 15.6. The first-order valence-electron chi connectivity index (χ1n) is 13.6. The first-order valence-corrected chi connectivity index (χ1v) is 13.6. The quantitative estimate of drug-likeness (QED) is 0.385. The molecule has 4 aliphatic rings. The van der Waals surface area contributed by atoms with Crippen LogP contribution in [0.1, 0.15) is 37.7 Å². The van der Waals surface area contributed by atoms with Crippen LogP contribution in [0.25, 0.3) is 0 Å². The average molecular weight is 531 g/mol.